The van der Waals surface area contributed by atoms with Crippen molar-refractivity contribution in [2.45, 2.75) is 0 Å². The molecular weight excluding hydrogens is 408 g/mol. The molecule has 0 amide bonds. The predicted octanol–water partition coefficient (Wildman–Crippen LogP) is 5.34. The molecule has 0 heterocycles. The molecule has 11 nitrogen and oxygen atoms in total. The van der Waals surface area contributed by atoms with Gasteiger partial charge in [-0.1, -0.05) is 0 Å². The SMILES string of the molecule is O=[N+]([O-])c1ccc(N=Nc2c3ccc(O)cc3c(O)c3ccc(O)cc23)c([N+](=O)[O-])c1. The third-order valence-corrected chi connectivity index (χ3v) is 4.65. The summed E-state index contributed by atoms with van der Waals surface area (Å²) in [5.74, 6) is -0.362. The molecule has 0 radical (unpaired) electrons. The second kappa shape index (κ2) is 7.22. The van der Waals surface area contributed by atoms with E-state index in [9.17, 15) is 35.5 Å². The largest absolute Gasteiger partial charge is 0.508 e. The van der Waals surface area contributed by atoms with E-state index in [2.05, 4.69) is 10.2 Å². The summed E-state index contributed by atoms with van der Waals surface area (Å²) in [6, 6.07) is 11.3. The molecule has 0 spiro atoms. The molecule has 0 aromatic heterocycles. The topological polar surface area (TPSA) is 172 Å². The van der Waals surface area contributed by atoms with Gasteiger partial charge >= 0.3 is 5.69 Å². The lowest BCUT2D eigenvalue weighted by Gasteiger charge is -2.11. The summed E-state index contributed by atoms with van der Waals surface area (Å²) in [5, 5.41) is 61.8. The lowest BCUT2D eigenvalue weighted by atomic mass is 9.99. The maximum absolute atomic E-state index is 11.3. The van der Waals surface area contributed by atoms with Crippen LogP contribution in [-0.2, 0) is 0 Å². The van der Waals surface area contributed by atoms with Gasteiger partial charge in [0.25, 0.3) is 5.69 Å². The number of non-ortho nitro benzene ring substituents is 1. The highest BCUT2D eigenvalue weighted by Crippen LogP contribution is 2.45. The van der Waals surface area contributed by atoms with Gasteiger partial charge in [-0.25, -0.2) is 0 Å². The van der Waals surface area contributed by atoms with Crippen molar-refractivity contribution in [1.29, 1.82) is 0 Å². The highest BCUT2D eigenvalue weighted by molar-refractivity contribution is 6.15. The first-order valence-electron chi connectivity index (χ1n) is 8.71. The van der Waals surface area contributed by atoms with E-state index in [0.717, 1.165) is 18.2 Å². The van der Waals surface area contributed by atoms with Gasteiger partial charge in [-0.05, 0) is 42.5 Å². The first-order valence-corrected chi connectivity index (χ1v) is 8.71. The minimum absolute atomic E-state index is 0.102. The van der Waals surface area contributed by atoms with E-state index >= 15 is 0 Å². The molecule has 0 aliphatic heterocycles. The number of hydrogen-bond donors (Lipinski definition) is 3. The molecule has 154 valence electrons. The number of benzene rings is 4. The summed E-state index contributed by atoms with van der Waals surface area (Å²) in [4.78, 5) is 20.7. The van der Waals surface area contributed by atoms with Gasteiger partial charge in [-0.2, -0.15) is 0 Å². The molecule has 31 heavy (non-hydrogen) atoms. The number of nitro benzene ring substituents is 2. The number of rotatable bonds is 4. The fourth-order valence-electron chi connectivity index (χ4n) is 3.23. The van der Waals surface area contributed by atoms with Crippen molar-refractivity contribution in [2.75, 3.05) is 0 Å². The molecule has 11 heteroatoms. The normalized spacial score (nSPS) is 11.4. The van der Waals surface area contributed by atoms with Gasteiger partial charge in [-0.15, -0.1) is 10.2 Å². The van der Waals surface area contributed by atoms with Crippen LogP contribution in [-0.4, -0.2) is 25.2 Å². The van der Waals surface area contributed by atoms with Crippen molar-refractivity contribution < 1.29 is 25.2 Å². The average Bonchev–Trinajstić information content (AvgIpc) is 2.73. The third-order valence-electron chi connectivity index (χ3n) is 4.65. The molecule has 4 aromatic carbocycles. The summed E-state index contributed by atoms with van der Waals surface area (Å²) < 4.78 is 0. The number of hydrogen-bond acceptors (Lipinski definition) is 9. The van der Waals surface area contributed by atoms with E-state index in [1.165, 1.54) is 36.4 Å². The quantitative estimate of drug-likeness (QED) is 0.173. The third kappa shape index (κ3) is 3.40. The van der Waals surface area contributed by atoms with E-state index in [1.807, 2.05) is 0 Å². The first-order chi connectivity index (χ1) is 14.8. The summed E-state index contributed by atoms with van der Waals surface area (Å²) in [6.45, 7) is 0. The van der Waals surface area contributed by atoms with Crippen molar-refractivity contribution in [3.63, 3.8) is 0 Å². The molecule has 0 fully saturated rings. The zero-order valence-corrected chi connectivity index (χ0v) is 15.5. The van der Waals surface area contributed by atoms with Crippen LogP contribution in [0.2, 0.25) is 0 Å². The summed E-state index contributed by atoms with van der Waals surface area (Å²) in [5.41, 5.74) is -1.12. The molecule has 0 aliphatic rings. The molecule has 0 saturated carbocycles. The van der Waals surface area contributed by atoms with Crippen LogP contribution in [0.4, 0.5) is 22.7 Å². The molecule has 0 saturated heterocycles. The van der Waals surface area contributed by atoms with Crippen LogP contribution in [0.15, 0.2) is 64.8 Å². The van der Waals surface area contributed by atoms with Crippen LogP contribution in [0, 0.1) is 20.2 Å². The molecule has 0 atom stereocenters. The molecule has 3 N–H and O–H groups in total. The van der Waals surface area contributed by atoms with Crippen molar-refractivity contribution in [2.24, 2.45) is 10.2 Å². The van der Waals surface area contributed by atoms with Crippen LogP contribution in [0.5, 0.6) is 17.2 Å². The van der Waals surface area contributed by atoms with Crippen LogP contribution < -0.4 is 0 Å². The van der Waals surface area contributed by atoms with E-state index in [-0.39, 0.29) is 34.0 Å². The Morgan fingerprint density at radius 3 is 1.97 bits per heavy atom. The lowest BCUT2D eigenvalue weighted by molar-refractivity contribution is -0.393. The number of aromatic hydroxyl groups is 3. The Morgan fingerprint density at radius 2 is 1.32 bits per heavy atom. The summed E-state index contributed by atoms with van der Waals surface area (Å²) in [7, 11) is 0. The van der Waals surface area contributed by atoms with Gasteiger partial charge in [-0.3, -0.25) is 20.2 Å². The molecule has 4 rings (SSSR count). The van der Waals surface area contributed by atoms with Gasteiger partial charge in [0.1, 0.15) is 22.9 Å². The zero-order chi connectivity index (χ0) is 22.3. The Kier molecular flexibility index (Phi) is 4.55. The number of phenolic OH excluding ortho intramolecular Hbond substituents is 3. The Morgan fingerprint density at radius 1 is 0.677 bits per heavy atom. The van der Waals surface area contributed by atoms with Crippen LogP contribution in [0.1, 0.15) is 0 Å². The van der Waals surface area contributed by atoms with E-state index in [1.54, 1.807) is 0 Å². The van der Waals surface area contributed by atoms with Gasteiger partial charge in [0.2, 0.25) is 0 Å². The minimum atomic E-state index is -0.807. The Balaban J connectivity index is 1.99. The predicted molar refractivity (Wildman–Crippen MR) is 110 cm³/mol. The highest BCUT2D eigenvalue weighted by Gasteiger charge is 2.20. The van der Waals surface area contributed by atoms with Crippen LogP contribution >= 0.6 is 0 Å². The zero-order valence-electron chi connectivity index (χ0n) is 15.5. The van der Waals surface area contributed by atoms with E-state index in [0.29, 0.717) is 16.2 Å². The van der Waals surface area contributed by atoms with E-state index < -0.39 is 21.2 Å². The number of nitrogens with zero attached hydrogens (tertiary/aromatic N) is 4. The Labute approximate surface area is 172 Å². The maximum atomic E-state index is 11.3. The summed E-state index contributed by atoms with van der Waals surface area (Å²) in [6.07, 6.45) is 0. The van der Waals surface area contributed by atoms with E-state index in [4.69, 9.17) is 0 Å². The first kappa shape index (κ1) is 19.5. The monoisotopic (exact) mass is 420 g/mol. The van der Waals surface area contributed by atoms with Gasteiger partial charge in [0.05, 0.1) is 15.9 Å². The van der Waals surface area contributed by atoms with Crippen molar-refractivity contribution in [1.82, 2.24) is 0 Å². The summed E-state index contributed by atoms with van der Waals surface area (Å²) >= 11 is 0. The fraction of sp³-hybridized carbons (Fsp3) is 0. The van der Waals surface area contributed by atoms with Crippen molar-refractivity contribution in [3.05, 3.63) is 74.8 Å². The second-order valence-corrected chi connectivity index (χ2v) is 6.54. The minimum Gasteiger partial charge on any atom is -0.508 e. The smallest absolute Gasteiger partial charge is 0.303 e. The number of nitro groups is 2. The molecular formula is C20H12N4O7. The number of fused-ring (bicyclic) bond motifs is 2. The number of azo groups is 1. The molecule has 0 unspecified atom stereocenters. The highest BCUT2D eigenvalue weighted by atomic mass is 16.6. The number of phenols is 3. The molecule has 0 bridgehead atoms. The van der Waals surface area contributed by atoms with Crippen LogP contribution in [0.25, 0.3) is 21.5 Å². The Hall–Kier alpha value is -4.80. The van der Waals surface area contributed by atoms with Crippen molar-refractivity contribution in [3.8, 4) is 17.2 Å². The standard InChI is InChI=1S/C20H12N4O7/c25-11-3-5-14-15(8-11)19(13-4-2-12(26)9-16(13)20(14)27)22-21-17-6-1-10(23(28)29)7-18(17)24(30)31/h1-9,25-27H. The van der Waals surface area contributed by atoms with Gasteiger partial charge in [0, 0.05) is 27.6 Å². The average molecular weight is 420 g/mol. The van der Waals surface area contributed by atoms with Crippen LogP contribution in [0.3, 0.4) is 0 Å². The van der Waals surface area contributed by atoms with Crippen molar-refractivity contribution >= 4 is 44.3 Å². The van der Waals surface area contributed by atoms with Gasteiger partial charge in [0.15, 0.2) is 5.69 Å². The Bertz CT molecular complexity index is 1430. The second-order valence-electron chi connectivity index (χ2n) is 6.54. The van der Waals surface area contributed by atoms with Gasteiger partial charge < -0.3 is 15.3 Å². The molecule has 4 aromatic rings. The lowest BCUT2D eigenvalue weighted by Crippen LogP contribution is -1.92. The molecule has 0 aliphatic carbocycles. The fourth-order valence-corrected chi connectivity index (χ4v) is 3.23. The maximum Gasteiger partial charge on any atom is 0.303 e.